The third kappa shape index (κ3) is 39.2. The molecule has 0 aliphatic carbocycles. The zero-order chi connectivity index (χ0) is 34.5. The molecule has 1 atom stereocenters. The number of rotatable bonds is 37. The SMILES string of the molecule is CCCCCCC/C=C\CCCCCCCCC(=O)OC(CCOCCCCCCCC/C=C\CCCCCCCC)C[N+](C)(C)C. The van der Waals surface area contributed by atoms with Crippen LogP contribution in [0, 0.1) is 0 Å². The van der Waals surface area contributed by atoms with Crippen LogP contribution in [-0.4, -0.2) is 57.5 Å². The Kier molecular flexibility index (Phi) is 35.3. The lowest BCUT2D eigenvalue weighted by molar-refractivity contribution is -0.873. The van der Waals surface area contributed by atoms with Crippen LogP contribution < -0.4 is 0 Å². The van der Waals surface area contributed by atoms with Crippen molar-refractivity contribution < 1.29 is 18.8 Å². The third-order valence-electron chi connectivity index (χ3n) is 9.08. The maximum atomic E-state index is 12.6. The van der Waals surface area contributed by atoms with E-state index in [9.17, 15) is 4.79 Å². The van der Waals surface area contributed by atoms with E-state index in [1.165, 1.54) is 154 Å². The largest absolute Gasteiger partial charge is 0.456 e. The van der Waals surface area contributed by atoms with Gasteiger partial charge in [0.25, 0.3) is 0 Å². The van der Waals surface area contributed by atoms with Crippen LogP contribution in [0.25, 0.3) is 0 Å². The van der Waals surface area contributed by atoms with E-state index in [4.69, 9.17) is 9.47 Å². The molecule has 0 saturated heterocycles. The molecule has 0 saturated carbocycles. The molecular weight excluding hydrogens is 578 g/mol. The Morgan fingerprint density at radius 1 is 0.511 bits per heavy atom. The second kappa shape index (κ2) is 36.2. The van der Waals surface area contributed by atoms with Crippen molar-refractivity contribution in [2.75, 3.05) is 40.9 Å². The van der Waals surface area contributed by atoms with Gasteiger partial charge in [-0.15, -0.1) is 0 Å². The Labute approximate surface area is 295 Å². The molecule has 4 nitrogen and oxygen atoms in total. The summed E-state index contributed by atoms with van der Waals surface area (Å²) in [6.45, 7) is 6.89. The van der Waals surface area contributed by atoms with Crippen molar-refractivity contribution in [3.8, 4) is 0 Å². The average Bonchev–Trinajstić information content (AvgIpc) is 3.03. The molecule has 0 bridgehead atoms. The molecular formula is C43H84NO3+. The van der Waals surface area contributed by atoms with Crippen LogP contribution in [0.2, 0.25) is 0 Å². The number of likely N-dealkylation sites (N-methyl/N-ethyl adjacent to an activating group) is 1. The van der Waals surface area contributed by atoms with Gasteiger partial charge in [-0.1, -0.05) is 147 Å². The Hall–Kier alpha value is -1.13. The summed E-state index contributed by atoms with van der Waals surface area (Å²) in [7, 11) is 6.50. The van der Waals surface area contributed by atoms with Gasteiger partial charge in [0.15, 0.2) is 6.10 Å². The molecule has 0 fully saturated rings. The molecule has 0 N–H and O–H groups in total. The summed E-state index contributed by atoms with van der Waals surface area (Å²) in [5, 5.41) is 0. The molecule has 0 amide bonds. The zero-order valence-corrected chi connectivity index (χ0v) is 32.7. The summed E-state index contributed by atoms with van der Waals surface area (Å²) in [5.41, 5.74) is 0. The van der Waals surface area contributed by atoms with Crippen molar-refractivity contribution in [3.63, 3.8) is 0 Å². The molecule has 0 spiro atoms. The first-order chi connectivity index (χ1) is 22.9. The Balaban J connectivity index is 3.74. The van der Waals surface area contributed by atoms with Crippen molar-refractivity contribution in [2.45, 2.75) is 206 Å². The van der Waals surface area contributed by atoms with Gasteiger partial charge >= 0.3 is 5.97 Å². The van der Waals surface area contributed by atoms with Crippen molar-refractivity contribution in [1.29, 1.82) is 0 Å². The fourth-order valence-corrected chi connectivity index (χ4v) is 6.15. The predicted molar refractivity (Wildman–Crippen MR) is 207 cm³/mol. The molecule has 0 aliphatic rings. The van der Waals surface area contributed by atoms with Crippen molar-refractivity contribution in [3.05, 3.63) is 24.3 Å². The fourth-order valence-electron chi connectivity index (χ4n) is 6.15. The number of allylic oxidation sites excluding steroid dienone is 4. The van der Waals surface area contributed by atoms with Gasteiger partial charge in [0, 0.05) is 19.4 Å². The lowest BCUT2D eigenvalue weighted by atomic mass is 10.1. The number of carbonyl (C=O) groups excluding carboxylic acids is 1. The van der Waals surface area contributed by atoms with E-state index in [2.05, 4.69) is 59.3 Å². The van der Waals surface area contributed by atoms with Crippen LogP contribution >= 0.6 is 0 Å². The maximum absolute atomic E-state index is 12.6. The van der Waals surface area contributed by atoms with E-state index < -0.39 is 0 Å². The maximum Gasteiger partial charge on any atom is 0.306 e. The zero-order valence-electron chi connectivity index (χ0n) is 32.7. The highest BCUT2D eigenvalue weighted by Gasteiger charge is 2.22. The van der Waals surface area contributed by atoms with Gasteiger partial charge in [0.1, 0.15) is 6.54 Å². The minimum absolute atomic E-state index is 0.0309. The molecule has 0 heterocycles. The number of carbonyl (C=O) groups is 1. The van der Waals surface area contributed by atoms with Crippen LogP contribution in [-0.2, 0) is 14.3 Å². The van der Waals surface area contributed by atoms with Crippen LogP contribution in [0.5, 0.6) is 0 Å². The summed E-state index contributed by atoms with van der Waals surface area (Å²) in [6, 6.07) is 0. The number of quaternary nitrogens is 1. The first kappa shape index (κ1) is 45.9. The Bertz CT molecular complexity index is 696. The summed E-state index contributed by atoms with van der Waals surface area (Å²) in [4.78, 5) is 12.6. The smallest absolute Gasteiger partial charge is 0.306 e. The molecule has 0 aromatic rings. The second-order valence-electron chi connectivity index (χ2n) is 15.3. The van der Waals surface area contributed by atoms with E-state index in [0.717, 1.165) is 43.3 Å². The van der Waals surface area contributed by atoms with Gasteiger partial charge in [-0.2, -0.15) is 0 Å². The molecule has 1 unspecified atom stereocenters. The van der Waals surface area contributed by atoms with E-state index in [0.29, 0.717) is 13.0 Å². The molecule has 0 aliphatic heterocycles. The quantitative estimate of drug-likeness (QED) is 0.0287. The van der Waals surface area contributed by atoms with E-state index >= 15 is 0 Å². The van der Waals surface area contributed by atoms with Crippen molar-refractivity contribution in [2.24, 2.45) is 0 Å². The minimum Gasteiger partial charge on any atom is -0.456 e. The number of esters is 1. The van der Waals surface area contributed by atoms with Gasteiger partial charge in [-0.05, 0) is 64.2 Å². The Morgan fingerprint density at radius 2 is 0.894 bits per heavy atom. The van der Waals surface area contributed by atoms with Crippen LogP contribution in [0.1, 0.15) is 200 Å². The van der Waals surface area contributed by atoms with E-state index in [1.807, 2.05) is 0 Å². The molecule has 0 radical (unpaired) electrons. The summed E-state index contributed by atoms with van der Waals surface area (Å²) >= 11 is 0. The third-order valence-corrected chi connectivity index (χ3v) is 9.08. The average molecular weight is 663 g/mol. The van der Waals surface area contributed by atoms with Crippen LogP contribution in [0.4, 0.5) is 0 Å². The number of nitrogens with zero attached hydrogens (tertiary/aromatic N) is 1. The van der Waals surface area contributed by atoms with Crippen molar-refractivity contribution >= 4 is 5.97 Å². The van der Waals surface area contributed by atoms with Crippen LogP contribution in [0.3, 0.4) is 0 Å². The highest BCUT2D eigenvalue weighted by atomic mass is 16.5. The first-order valence-corrected chi connectivity index (χ1v) is 20.8. The van der Waals surface area contributed by atoms with E-state index in [1.54, 1.807) is 0 Å². The first-order valence-electron chi connectivity index (χ1n) is 20.8. The van der Waals surface area contributed by atoms with Gasteiger partial charge in [-0.3, -0.25) is 4.79 Å². The lowest BCUT2D eigenvalue weighted by Gasteiger charge is -2.29. The van der Waals surface area contributed by atoms with Gasteiger partial charge in [0.2, 0.25) is 0 Å². The summed E-state index contributed by atoms with van der Waals surface area (Å²) < 4.78 is 12.7. The standard InChI is InChI=1S/C43H84NO3/c1-6-8-10-12-14-16-18-20-22-24-26-28-30-32-34-36-39-46-40-38-42(41-44(3,4)5)47-43(45)37-35-33-31-29-27-25-23-21-19-17-15-13-11-9-7-2/h19-22,42H,6-18,23-41H2,1-5H3/q+1/b21-19-,22-20-. The summed E-state index contributed by atoms with van der Waals surface area (Å²) in [6.07, 6.45) is 45.9. The number of hydrogen-bond donors (Lipinski definition) is 0. The predicted octanol–water partition coefficient (Wildman–Crippen LogP) is 13.1. The van der Waals surface area contributed by atoms with E-state index in [-0.39, 0.29) is 12.1 Å². The highest BCUT2D eigenvalue weighted by Crippen LogP contribution is 2.14. The summed E-state index contributed by atoms with van der Waals surface area (Å²) in [5.74, 6) is -0.0309. The van der Waals surface area contributed by atoms with Crippen LogP contribution in [0.15, 0.2) is 24.3 Å². The highest BCUT2D eigenvalue weighted by molar-refractivity contribution is 5.69. The van der Waals surface area contributed by atoms with Gasteiger partial charge < -0.3 is 14.0 Å². The number of hydrogen-bond acceptors (Lipinski definition) is 3. The number of ether oxygens (including phenoxy) is 2. The lowest BCUT2D eigenvalue weighted by Crippen LogP contribution is -2.43. The normalized spacial score (nSPS) is 12.9. The topological polar surface area (TPSA) is 35.5 Å². The molecule has 47 heavy (non-hydrogen) atoms. The van der Waals surface area contributed by atoms with Gasteiger partial charge in [-0.25, -0.2) is 0 Å². The van der Waals surface area contributed by atoms with Gasteiger partial charge in [0.05, 0.1) is 27.7 Å². The molecule has 0 aromatic carbocycles. The minimum atomic E-state index is -0.0632. The fraction of sp³-hybridized carbons (Fsp3) is 0.884. The molecule has 0 rings (SSSR count). The second-order valence-corrected chi connectivity index (χ2v) is 15.3. The number of unbranched alkanes of at least 4 members (excludes halogenated alkanes) is 23. The Morgan fingerprint density at radius 3 is 1.32 bits per heavy atom. The van der Waals surface area contributed by atoms with Crippen molar-refractivity contribution in [1.82, 2.24) is 0 Å². The molecule has 0 aromatic heterocycles. The molecule has 278 valence electrons. The molecule has 4 heteroatoms. The monoisotopic (exact) mass is 663 g/mol.